The Kier molecular flexibility index (Phi) is 2.62. The Balaban J connectivity index is 1.78. The SMILES string of the molecule is Fc1ccc(C2CC2)cc1-c1cc2c(cn1)OCCN2. The molecule has 1 fully saturated rings. The molecule has 1 aromatic heterocycles. The van der Waals surface area contributed by atoms with Crippen LogP contribution >= 0.6 is 0 Å². The lowest BCUT2D eigenvalue weighted by atomic mass is 10.0. The number of aromatic nitrogens is 1. The van der Waals surface area contributed by atoms with E-state index in [4.69, 9.17) is 4.74 Å². The molecule has 0 radical (unpaired) electrons. The zero-order valence-corrected chi connectivity index (χ0v) is 11.0. The lowest BCUT2D eigenvalue weighted by Gasteiger charge is -2.19. The standard InChI is InChI=1S/C16H15FN2O/c17-13-4-3-11(10-1-2-10)7-12(13)14-8-15-16(9-19-14)20-6-5-18-15/h3-4,7-10,18H,1-2,5-6H2. The summed E-state index contributed by atoms with van der Waals surface area (Å²) in [5.74, 6) is 1.12. The fraction of sp³-hybridized carbons (Fsp3) is 0.312. The molecule has 0 unspecified atom stereocenters. The van der Waals surface area contributed by atoms with Crippen molar-refractivity contribution in [2.45, 2.75) is 18.8 Å². The van der Waals surface area contributed by atoms with Crippen LogP contribution in [-0.4, -0.2) is 18.1 Å². The topological polar surface area (TPSA) is 34.1 Å². The molecule has 20 heavy (non-hydrogen) atoms. The monoisotopic (exact) mass is 270 g/mol. The number of halogens is 1. The highest BCUT2D eigenvalue weighted by Crippen LogP contribution is 2.41. The number of hydrogen-bond donors (Lipinski definition) is 1. The minimum atomic E-state index is -0.224. The third kappa shape index (κ3) is 2.01. The van der Waals surface area contributed by atoms with E-state index >= 15 is 0 Å². The minimum absolute atomic E-state index is 0.224. The van der Waals surface area contributed by atoms with Crippen LogP contribution in [0, 0.1) is 5.82 Å². The molecule has 2 heterocycles. The number of benzene rings is 1. The van der Waals surface area contributed by atoms with Crippen LogP contribution in [0.3, 0.4) is 0 Å². The number of nitrogens with one attached hydrogen (secondary N) is 1. The molecule has 0 spiro atoms. The molecule has 1 N–H and O–H groups in total. The first-order valence-corrected chi connectivity index (χ1v) is 6.98. The van der Waals surface area contributed by atoms with Gasteiger partial charge in [0.25, 0.3) is 0 Å². The summed E-state index contributed by atoms with van der Waals surface area (Å²) >= 11 is 0. The summed E-state index contributed by atoms with van der Waals surface area (Å²) < 4.78 is 19.6. The van der Waals surface area contributed by atoms with Gasteiger partial charge in [-0.2, -0.15) is 0 Å². The average Bonchev–Trinajstić information content (AvgIpc) is 3.32. The van der Waals surface area contributed by atoms with E-state index in [0.29, 0.717) is 23.8 Å². The van der Waals surface area contributed by atoms with Gasteiger partial charge in [0.05, 0.1) is 17.6 Å². The second kappa shape index (κ2) is 4.47. The highest BCUT2D eigenvalue weighted by atomic mass is 19.1. The normalized spacial score (nSPS) is 17.1. The van der Waals surface area contributed by atoms with Crippen LogP contribution in [-0.2, 0) is 0 Å². The molecular formula is C16H15FN2O. The van der Waals surface area contributed by atoms with E-state index in [2.05, 4.69) is 10.3 Å². The molecule has 0 saturated heterocycles. The van der Waals surface area contributed by atoms with Gasteiger partial charge in [-0.25, -0.2) is 4.39 Å². The maximum Gasteiger partial charge on any atom is 0.160 e. The molecule has 3 nitrogen and oxygen atoms in total. The molecule has 0 amide bonds. The van der Waals surface area contributed by atoms with E-state index < -0.39 is 0 Å². The fourth-order valence-electron chi connectivity index (χ4n) is 2.60. The fourth-order valence-corrected chi connectivity index (χ4v) is 2.60. The van der Waals surface area contributed by atoms with Crippen LogP contribution in [0.5, 0.6) is 5.75 Å². The van der Waals surface area contributed by atoms with Crippen LogP contribution < -0.4 is 10.1 Å². The van der Waals surface area contributed by atoms with E-state index in [1.54, 1.807) is 12.3 Å². The van der Waals surface area contributed by atoms with Crippen molar-refractivity contribution < 1.29 is 9.13 Å². The Morgan fingerprint density at radius 3 is 3.00 bits per heavy atom. The lowest BCUT2D eigenvalue weighted by molar-refractivity contribution is 0.322. The molecule has 4 heteroatoms. The summed E-state index contributed by atoms with van der Waals surface area (Å²) in [4.78, 5) is 4.34. The summed E-state index contributed by atoms with van der Waals surface area (Å²) in [6.07, 6.45) is 4.08. The van der Waals surface area contributed by atoms with Gasteiger partial charge in [-0.1, -0.05) is 6.07 Å². The molecule has 1 aliphatic heterocycles. The Bertz CT molecular complexity index is 668. The minimum Gasteiger partial charge on any atom is -0.488 e. The predicted molar refractivity (Wildman–Crippen MR) is 75.6 cm³/mol. The maximum atomic E-state index is 14.1. The first-order chi connectivity index (χ1) is 9.81. The number of nitrogens with zero attached hydrogens (tertiary/aromatic N) is 1. The lowest BCUT2D eigenvalue weighted by Crippen LogP contribution is -2.18. The van der Waals surface area contributed by atoms with E-state index in [0.717, 1.165) is 18.0 Å². The number of ether oxygens (including phenoxy) is 1. The molecule has 1 saturated carbocycles. The smallest absolute Gasteiger partial charge is 0.160 e. The third-order valence-corrected chi connectivity index (χ3v) is 3.86. The van der Waals surface area contributed by atoms with Gasteiger partial charge in [-0.05, 0) is 42.5 Å². The maximum absolute atomic E-state index is 14.1. The largest absolute Gasteiger partial charge is 0.488 e. The molecule has 0 atom stereocenters. The van der Waals surface area contributed by atoms with Gasteiger partial charge in [0.2, 0.25) is 0 Å². The van der Waals surface area contributed by atoms with Gasteiger partial charge >= 0.3 is 0 Å². The molecule has 2 aliphatic rings. The van der Waals surface area contributed by atoms with Crippen molar-refractivity contribution in [3.8, 4) is 17.0 Å². The van der Waals surface area contributed by atoms with Crippen LogP contribution in [0.25, 0.3) is 11.3 Å². The third-order valence-electron chi connectivity index (χ3n) is 3.86. The highest BCUT2D eigenvalue weighted by Gasteiger charge is 2.24. The van der Waals surface area contributed by atoms with E-state index in [9.17, 15) is 4.39 Å². The van der Waals surface area contributed by atoms with Gasteiger partial charge in [0.1, 0.15) is 12.4 Å². The number of fused-ring (bicyclic) bond motifs is 1. The molecule has 102 valence electrons. The van der Waals surface area contributed by atoms with Crippen molar-refractivity contribution in [2.75, 3.05) is 18.5 Å². The van der Waals surface area contributed by atoms with Crippen LogP contribution in [0.4, 0.5) is 10.1 Å². The summed E-state index contributed by atoms with van der Waals surface area (Å²) in [5.41, 5.74) is 3.33. The Morgan fingerprint density at radius 2 is 2.15 bits per heavy atom. The molecule has 1 aliphatic carbocycles. The zero-order chi connectivity index (χ0) is 13.5. The first-order valence-electron chi connectivity index (χ1n) is 6.98. The van der Waals surface area contributed by atoms with Gasteiger partial charge in [-0.3, -0.25) is 4.98 Å². The zero-order valence-electron chi connectivity index (χ0n) is 11.0. The summed E-state index contributed by atoms with van der Waals surface area (Å²) in [6.45, 7) is 1.40. The van der Waals surface area contributed by atoms with Gasteiger partial charge in [0.15, 0.2) is 5.75 Å². The van der Waals surface area contributed by atoms with Crippen molar-refractivity contribution >= 4 is 5.69 Å². The van der Waals surface area contributed by atoms with Crippen molar-refractivity contribution in [3.63, 3.8) is 0 Å². The van der Waals surface area contributed by atoms with E-state index in [1.165, 1.54) is 18.4 Å². The van der Waals surface area contributed by atoms with Gasteiger partial charge < -0.3 is 10.1 Å². The number of anilines is 1. The second-order valence-corrected chi connectivity index (χ2v) is 5.35. The summed E-state index contributed by atoms with van der Waals surface area (Å²) in [7, 11) is 0. The van der Waals surface area contributed by atoms with E-state index in [-0.39, 0.29) is 5.82 Å². The molecule has 4 rings (SSSR count). The van der Waals surface area contributed by atoms with Crippen molar-refractivity contribution in [3.05, 3.63) is 41.8 Å². The number of pyridine rings is 1. The van der Waals surface area contributed by atoms with Crippen LogP contribution in [0.15, 0.2) is 30.5 Å². The summed E-state index contributed by atoms with van der Waals surface area (Å²) in [6, 6.07) is 7.24. The predicted octanol–water partition coefficient (Wildman–Crippen LogP) is 3.57. The number of hydrogen-bond acceptors (Lipinski definition) is 3. The average molecular weight is 270 g/mol. The molecule has 2 aromatic rings. The number of rotatable bonds is 2. The van der Waals surface area contributed by atoms with Gasteiger partial charge in [-0.15, -0.1) is 0 Å². The van der Waals surface area contributed by atoms with Crippen LogP contribution in [0.2, 0.25) is 0 Å². The molecule has 0 bridgehead atoms. The first kappa shape index (κ1) is 11.7. The van der Waals surface area contributed by atoms with Crippen molar-refractivity contribution in [1.82, 2.24) is 4.98 Å². The Labute approximate surface area is 116 Å². The molecular weight excluding hydrogens is 255 g/mol. The van der Waals surface area contributed by atoms with Gasteiger partial charge in [0, 0.05) is 12.1 Å². The Hall–Kier alpha value is -2.10. The van der Waals surface area contributed by atoms with Crippen LogP contribution in [0.1, 0.15) is 24.3 Å². The van der Waals surface area contributed by atoms with E-state index in [1.807, 2.05) is 18.2 Å². The Morgan fingerprint density at radius 1 is 1.25 bits per heavy atom. The summed E-state index contributed by atoms with van der Waals surface area (Å²) in [5, 5.41) is 3.25. The van der Waals surface area contributed by atoms with Crippen molar-refractivity contribution in [2.24, 2.45) is 0 Å². The quantitative estimate of drug-likeness (QED) is 0.905. The second-order valence-electron chi connectivity index (χ2n) is 5.35. The van der Waals surface area contributed by atoms with Crippen molar-refractivity contribution in [1.29, 1.82) is 0 Å². The molecule has 1 aromatic carbocycles. The highest BCUT2D eigenvalue weighted by molar-refractivity contribution is 5.69.